The van der Waals surface area contributed by atoms with E-state index in [1.54, 1.807) is 0 Å². The molecule has 21 heavy (non-hydrogen) atoms. The number of halogens is 2. The normalized spacial score (nSPS) is 10.2. The Hall–Kier alpha value is -2.83. The van der Waals surface area contributed by atoms with Crippen molar-refractivity contribution in [3.8, 4) is 5.75 Å². The Labute approximate surface area is 117 Å². The van der Waals surface area contributed by atoms with Gasteiger partial charge in [-0.15, -0.1) is 0 Å². The second-order valence-electron chi connectivity index (χ2n) is 4.13. The number of nitrogens with zero attached hydrogens (tertiary/aromatic N) is 1. The molecule has 108 valence electrons. The molecule has 0 aliphatic carbocycles. The standard InChI is InChI=1S/C14H9F2NO4/c15-11-3-2-10(12(16)6-11)8-21-14-4-1-9(7-18)5-13(14)17(19)20/h1-7H,8H2. The minimum atomic E-state index is -0.804. The van der Waals surface area contributed by atoms with Crippen LogP contribution >= 0.6 is 0 Å². The molecule has 0 amide bonds. The lowest BCUT2D eigenvalue weighted by Gasteiger charge is -2.08. The van der Waals surface area contributed by atoms with Crippen molar-refractivity contribution < 1.29 is 23.2 Å². The second kappa shape index (κ2) is 6.08. The largest absolute Gasteiger partial charge is 0.482 e. The molecular formula is C14H9F2NO4. The van der Waals surface area contributed by atoms with Crippen LogP contribution < -0.4 is 4.74 Å². The first-order valence-corrected chi connectivity index (χ1v) is 5.81. The molecule has 0 N–H and O–H groups in total. The van der Waals surface area contributed by atoms with Crippen LogP contribution in [0.3, 0.4) is 0 Å². The zero-order valence-electron chi connectivity index (χ0n) is 10.6. The fourth-order valence-electron chi connectivity index (χ4n) is 1.67. The van der Waals surface area contributed by atoms with Gasteiger partial charge in [0.05, 0.1) is 4.92 Å². The second-order valence-corrected chi connectivity index (χ2v) is 4.13. The van der Waals surface area contributed by atoms with Gasteiger partial charge in [-0.3, -0.25) is 14.9 Å². The third-order valence-corrected chi connectivity index (χ3v) is 2.71. The van der Waals surface area contributed by atoms with Gasteiger partial charge < -0.3 is 4.74 Å². The van der Waals surface area contributed by atoms with E-state index in [0.717, 1.165) is 12.1 Å². The Kier molecular flexibility index (Phi) is 4.22. The van der Waals surface area contributed by atoms with Crippen molar-refractivity contribution in [3.63, 3.8) is 0 Å². The van der Waals surface area contributed by atoms with Crippen molar-refractivity contribution in [2.24, 2.45) is 0 Å². The summed E-state index contributed by atoms with van der Waals surface area (Å²) in [5.74, 6) is -1.63. The topological polar surface area (TPSA) is 69.4 Å². The number of aldehydes is 1. The van der Waals surface area contributed by atoms with Crippen molar-refractivity contribution in [2.75, 3.05) is 0 Å². The SMILES string of the molecule is O=Cc1ccc(OCc2ccc(F)cc2F)c([N+](=O)[O-])c1. The van der Waals surface area contributed by atoms with Gasteiger partial charge in [0.25, 0.3) is 0 Å². The van der Waals surface area contributed by atoms with E-state index in [0.29, 0.717) is 12.4 Å². The molecule has 0 aliphatic heterocycles. The van der Waals surface area contributed by atoms with Crippen LogP contribution in [0.15, 0.2) is 36.4 Å². The molecular weight excluding hydrogens is 284 g/mol. The monoisotopic (exact) mass is 293 g/mol. The summed E-state index contributed by atoms with van der Waals surface area (Å²) in [5, 5.41) is 10.9. The molecule has 5 nitrogen and oxygen atoms in total. The highest BCUT2D eigenvalue weighted by Crippen LogP contribution is 2.28. The van der Waals surface area contributed by atoms with Gasteiger partial charge in [-0.1, -0.05) is 0 Å². The minimum absolute atomic E-state index is 0.0603. The molecule has 2 rings (SSSR count). The molecule has 0 radical (unpaired) electrons. The summed E-state index contributed by atoms with van der Waals surface area (Å²) < 4.78 is 31.4. The molecule has 0 spiro atoms. The number of nitro benzene ring substituents is 1. The first kappa shape index (κ1) is 14.6. The summed E-state index contributed by atoms with van der Waals surface area (Å²) in [4.78, 5) is 20.8. The van der Waals surface area contributed by atoms with Crippen LogP contribution in [-0.2, 0) is 6.61 Å². The van der Waals surface area contributed by atoms with Crippen LogP contribution in [0.5, 0.6) is 5.75 Å². The van der Waals surface area contributed by atoms with Crippen molar-refractivity contribution in [1.29, 1.82) is 0 Å². The van der Waals surface area contributed by atoms with E-state index in [9.17, 15) is 23.7 Å². The maximum absolute atomic E-state index is 13.4. The number of hydrogen-bond acceptors (Lipinski definition) is 4. The smallest absolute Gasteiger partial charge is 0.311 e. The third-order valence-electron chi connectivity index (χ3n) is 2.71. The van der Waals surface area contributed by atoms with Gasteiger partial charge in [-0.25, -0.2) is 8.78 Å². The van der Waals surface area contributed by atoms with Crippen molar-refractivity contribution in [2.45, 2.75) is 6.61 Å². The number of benzene rings is 2. The van der Waals surface area contributed by atoms with Crippen LogP contribution in [-0.4, -0.2) is 11.2 Å². The molecule has 0 saturated carbocycles. The Bertz CT molecular complexity index is 703. The maximum Gasteiger partial charge on any atom is 0.311 e. The molecule has 7 heteroatoms. The molecule has 0 fully saturated rings. The summed E-state index contributed by atoms with van der Waals surface area (Å²) >= 11 is 0. The average molecular weight is 293 g/mol. The molecule has 0 atom stereocenters. The predicted octanol–water partition coefficient (Wildman–Crippen LogP) is 3.26. The lowest BCUT2D eigenvalue weighted by atomic mass is 10.2. The van der Waals surface area contributed by atoms with Gasteiger partial charge in [-0.2, -0.15) is 0 Å². The lowest BCUT2D eigenvalue weighted by Crippen LogP contribution is -2.02. The quantitative estimate of drug-likeness (QED) is 0.482. The van der Waals surface area contributed by atoms with Crippen molar-refractivity contribution in [3.05, 3.63) is 69.3 Å². The van der Waals surface area contributed by atoms with Crippen LogP contribution in [0, 0.1) is 21.7 Å². The van der Waals surface area contributed by atoms with Crippen molar-refractivity contribution >= 4 is 12.0 Å². The van der Waals surface area contributed by atoms with Gasteiger partial charge in [0.15, 0.2) is 5.75 Å². The van der Waals surface area contributed by atoms with Gasteiger partial charge in [-0.05, 0) is 24.3 Å². The number of nitro groups is 1. The zero-order valence-corrected chi connectivity index (χ0v) is 10.6. The van der Waals surface area contributed by atoms with Gasteiger partial charge >= 0.3 is 5.69 Å². The maximum atomic E-state index is 13.4. The number of hydrogen-bond donors (Lipinski definition) is 0. The summed E-state index contributed by atoms with van der Waals surface area (Å²) in [5.41, 5.74) is -0.214. The number of ether oxygens (including phenoxy) is 1. The van der Waals surface area contributed by atoms with E-state index >= 15 is 0 Å². The van der Waals surface area contributed by atoms with E-state index in [4.69, 9.17) is 4.74 Å². The summed E-state index contributed by atoms with van der Waals surface area (Å²) in [6.07, 6.45) is 0.469. The Balaban J connectivity index is 2.23. The van der Waals surface area contributed by atoms with Gasteiger partial charge in [0.2, 0.25) is 0 Å². The van der Waals surface area contributed by atoms with Crippen LogP contribution in [0.25, 0.3) is 0 Å². The molecule has 0 saturated heterocycles. The van der Waals surface area contributed by atoms with Crippen LogP contribution in [0.4, 0.5) is 14.5 Å². The van der Waals surface area contributed by atoms with Crippen LogP contribution in [0.1, 0.15) is 15.9 Å². The first-order valence-electron chi connectivity index (χ1n) is 5.81. The summed E-state index contributed by atoms with van der Waals surface area (Å²) in [6, 6.07) is 6.60. The van der Waals surface area contributed by atoms with Gasteiger partial charge in [0, 0.05) is 23.3 Å². The summed E-state index contributed by atoms with van der Waals surface area (Å²) in [6.45, 7) is -0.298. The molecule has 0 aliphatic rings. The predicted molar refractivity (Wildman–Crippen MR) is 69.2 cm³/mol. The Morgan fingerprint density at radius 3 is 2.57 bits per heavy atom. The highest BCUT2D eigenvalue weighted by molar-refractivity contribution is 5.77. The first-order chi connectivity index (χ1) is 10.0. The Morgan fingerprint density at radius 1 is 1.19 bits per heavy atom. The molecule has 0 bridgehead atoms. The molecule has 0 aromatic heterocycles. The van der Waals surface area contributed by atoms with Crippen LogP contribution in [0.2, 0.25) is 0 Å². The fourth-order valence-corrected chi connectivity index (χ4v) is 1.67. The molecule has 2 aromatic carbocycles. The molecule has 0 unspecified atom stereocenters. The lowest BCUT2D eigenvalue weighted by molar-refractivity contribution is -0.386. The van der Waals surface area contributed by atoms with Gasteiger partial charge in [0.1, 0.15) is 24.5 Å². The highest BCUT2D eigenvalue weighted by Gasteiger charge is 2.16. The van der Waals surface area contributed by atoms with E-state index in [2.05, 4.69) is 0 Å². The molecule has 2 aromatic rings. The van der Waals surface area contributed by atoms with E-state index in [-0.39, 0.29) is 23.5 Å². The Morgan fingerprint density at radius 2 is 1.95 bits per heavy atom. The molecule has 0 heterocycles. The fraction of sp³-hybridized carbons (Fsp3) is 0.0714. The number of rotatable bonds is 5. The summed E-state index contributed by atoms with van der Waals surface area (Å²) in [7, 11) is 0. The minimum Gasteiger partial charge on any atom is -0.482 e. The number of carbonyl (C=O) groups is 1. The third kappa shape index (κ3) is 3.38. The van der Waals surface area contributed by atoms with E-state index in [1.165, 1.54) is 18.2 Å². The zero-order chi connectivity index (χ0) is 15.4. The number of carbonyl (C=O) groups excluding carboxylic acids is 1. The van der Waals surface area contributed by atoms with E-state index < -0.39 is 22.2 Å². The van der Waals surface area contributed by atoms with E-state index in [1.807, 2.05) is 0 Å². The highest BCUT2D eigenvalue weighted by atomic mass is 19.1. The van der Waals surface area contributed by atoms with Crippen molar-refractivity contribution in [1.82, 2.24) is 0 Å². The average Bonchev–Trinajstić information content (AvgIpc) is 2.46.